The van der Waals surface area contributed by atoms with Gasteiger partial charge in [-0.15, -0.1) is 11.8 Å². The molecule has 0 aromatic heterocycles. The van der Waals surface area contributed by atoms with E-state index in [1.54, 1.807) is 0 Å². The molecule has 0 fully saturated rings. The van der Waals surface area contributed by atoms with Crippen molar-refractivity contribution in [3.05, 3.63) is 89.5 Å². The molecule has 1 amide bonds. The summed E-state index contributed by atoms with van der Waals surface area (Å²) in [5, 5.41) is 2.95. The standard InChI is InChI=1S/C24H23NO2S/c1-17-7-6-8-18(2)24(17)25-23(27)16-28-15-22(26)21-13-11-20(12-14-21)19-9-4-3-5-10-19/h3-14H,15-16H2,1-2H3,(H,25,27). The van der Waals surface area contributed by atoms with E-state index in [1.807, 2.05) is 86.6 Å². The van der Waals surface area contributed by atoms with E-state index in [-0.39, 0.29) is 23.2 Å². The van der Waals surface area contributed by atoms with Crippen molar-refractivity contribution in [2.75, 3.05) is 16.8 Å². The Bertz CT molecular complexity index is 945. The van der Waals surface area contributed by atoms with Crippen LogP contribution in [0.15, 0.2) is 72.8 Å². The van der Waals surface area contributed by atoms with Crippen LogP contribution in [-0.4, -0.2) is 23.2 Å². The smallest absolute Gasteiger partial charge is 0.234 e. The molecule has 0 aliphatic rings. The summed E-state index contributed by atoms with van der Waals surface area (Å²) >= 11 is 1.33. The molecule has 0 aliphatic carbocycles. The molecule has 142 valence electrons. The highest BCUT2D eigenvalue weighted by Crippen LogP contribution is 2.21. The third-order valence-corrected chi connectivity index (χ3v) is 5.46. The van der Waals surface area contributed by atoms with Crippen LogP contribution in [0.5, 0.6) is 0 Å². The molecule has 0 heterocycles. The topological polar surface area (TPSA) is 46.2 Å². The lowest BCUT2D eigenvalue weighted by Gasteiger charge is -2.11. The van der Waals surface area contributed by atoms with Crippen LogP contribution in [0.3, 0.4) is 0 Å². The third-order valence-electron chi connectivity index (χ3n) is 4.53. The lowest BCUT2D eigenvalue weighted by atomic mass is 10.0. The zero-order chi connectivity index (χ0) is 19.9. The second-order valence-corrected chi connectivity index (χ2v) is 7.66. The number of aryl methyl sites for hydroxylation is 2. The number of amides is 1. The van der Waals surface area contributed by atoms with E-state index >= 15 is 0 Å². The van der Waals surface area contributed by atoms with Crippen molar-refractivity contribution in [3.63, 3.8) is 0 Å². The molecule has 0 atom stereocenters. The van der Waals surface area contributed by atoms with Crippen molar-refractivity contribution in [3.8, 4) is 11.1 Å². The normalized spacial score (nSPS) is 10.5. The molecule has 0 spiro atoms. The summed E-state index contributed by atoms with van der Waals surface area (Å²) in [5.41, 5.74) is 5.80. The predicted octanol–water partition coefficient (Wildman–Crippen LogP) is 5.53. The summed E-state index contributed by atoms with van der Waals surface area (Å²) < 4.78 is 0. The minimum atomic E-state index is -0.0883. The molecule has 0 radical (unpaired) electrons. The van der Waals surface area contributed by atoms with Gasteiger partial charge >= 0.3 is 0 Å². The summed E-state index contributed by atoms with van der Waals surface area (Å²) in [5.74, 6) is 0.478. The molecule has 0 unspecified atom stereocenters. The summed E-state index contributed by atoms with van der Waals surface area (Å²) in [4.78, 5) is 24.6. The average Bonchev–Trinajstić information content (AvgIpc) is 2.71. The molecule has 0 aliphatic heterocycles. The van der Waals surface area contributed by atoms with E-state index in [0.29, 0.717) is 5.56 Å². The Balaban J connectivity index is 1.51. The Labute approximate surface area is 170 Å². The fourth-order valence-electron chi connectivity index (χ4n) is 2.99. The van der Waals surface area contributed by atoms with E-state index in [4.69, 9.17) is 0 Å². The number of carbonyl (C=O) groups excluding carboxylic acids is 2. The highest BCUT2D eigenvalue weighted by atomic mass is 32.2. The second kappa shape index (κ2) is 9.38. The number of rotatable bonds is 7. The molecule has 0 saturated carbocycles. The van der Waals surface area contributed by atoms with Crippen molar-refractivity contribution in [1.82, 2.24) is 0 Å². The molecule has 0 bridgehead atoms. The third kappa shape index (κ3) is 5.11. The highest BCUT2D eigenvalue weighted by Gasteiger charge is 2.10. The molecule has 0 saturated heterocycles. The predicted molar refractivity (Wildman–Crippen MR) is 118 cm³/mol. The fraction of sp³-hybridized carbons (Fsp3) is 0.167. The Hall–Kier alpha value is -2.85. The van der Waals surface area contributed by atoms with Crippen LogP contribution in [0.2, 0.25) is 0 Å². The molecular weight excluding hydrogens is 366 g/mol. The summed E-state index contributed by atoms with van der Waals surface area (Å²) in [6, 6.07) is 23.6. The Morgan fingerprint density at radius 2 is 1.36 bits per heavy atom. The van der Waals surface area contributed by atoms with Crippen molar-refractivity contribution in [1.29, 1.82) is 0 Å². The van der Waals surface area contributed by atoms with Crippen LogP contribution in [-0.2, 0) is 4.79 Å². The number of hydrogen-bond acceptors (Lipinski definition) is 3. The van der Waals surface area contributed by atoms with Crippen LogP contribution >= 0.6 is 11.8 Å². The van der Waals surface area contributed by atoms with Gasteiger partial charge in [0.1, 0.15) is 0 Å². The quantitative estimate of drug-likeness (QED) is 0.541. The van der Waals surface area contributed by atoms with Crippen molar-refractivity contribution in [2.45, 2.75) is 13.8 Å². The maximum atomic E-state index is 12.4. The number of benzene rings is 3. The minimum Gasteiger partial charge on any atom is -0.325 e. The number of anilines is 1. The number of carbonyl (C=O) groups is 2. The molecule has 3 rings (SSSR count). The van der Waals surface area contributed by atoms with Crippen LogP contribution in [0.4, 0.5) is 5.69 Å². The summed E-state index contributed by atoms with van der Waals surface area (Å²) in [6.07, 6.45) is 0. The van der Waals surface area contributed by atoms with E-state index in [2.05, 4.69) is 5.32 Å². The first-order chi connectivity index (χ1) is 13.5. The van der Waals surface area contributed by atoms with Crippen LogP contribution < -0.4 is 5.32 Å². The molecular formula is C24H23NO2S. The first-order valence-electron chi connectivity index (χ1n) is 9.17. The molecule has 1 N–H and O–H groups in total. The number of Topliss-reactive ketones (excluding diaryl/α,β-unsaturated/α-hetero) is 1. The number of thioether (sulfide) groups is 1. The fourth-order valence-corrected chi connectivity index (χ4v) is 3.70. The molecule has 3 aromatic carbocycles. The van der Waals surface area contributed by atoms with Gasteiger partial charge in [-0.1, -0.05) is 72.8 Å². The van der Waals surface area contributed by atoms with E-state index in [0.717, 1.165) is 27.9 Å². The number of para-hydroxylation sites is 1. The van der Waals surface area contributed by atoms with Gasteiger partial charge in [0.05, 0.1) is 11.5 Å². The second-order valence-electron chi connectivity index (χ2n) is 6.67. The van der Waals surface area contributed by atoms with E-state index in [9.17, 15) is 9.59 Å². The molecule has 28 heavy (non-hydrogen) atoms. The zero-order valence-electron chi connectivity index (χ0n) is 16.1. The Kier molecular flexibility index (Phi) is 6.66. The summed E-state index contributed by atoms with van der Waals surface area (Å²) in [7, 11) is 0. The molecule has 4 heteroatoms. The number of ketones is 1. The first-order valence-corrected chi connectivity index (χ1v) is 10.3. The van der Waals surface area contributed by atoms with Crippen LogP contribution in [0, 0.1) is 13.8 Å². The monoisotopic (exact) mass is 389 g/mol. The van der Waals surface area contributed by atoms with Crippen LogP contribution in [0.1, 0.15) is 21.5 Å². The van der Waals surface area contributed by atoms with Gasteiger partial charge in [-0.2, -0.15) is 0 Å². The largest absolute Gasteiger partial charge is 0.325 e. The number of hydrogen-bond donors (Lipinski definition) is 1. The van der Waals surface area contributed by atoms with Crippen molar-refractivity contribution < 1.29 is 9.59 Å². The van der Waals surface area contributed by atoms with Gasteiger partial charge in [-0.05, 0) is 36.1 Å². The summed E-state index contributed by atoms with van der Waals surface area (Å²) in [6.45, 7) is 3.94. The van der Waals surface area contributed by atoms with Gasteiger partial charge in [-0.3, -0.25) is 9.59 Å². The maximum absolute atomic E-state index is 12.4. The van der Waals surface area contributed by atoms with Gasteiger partial charge in [0, 0.05) is 11.3 Å². The average molecular weight is 390 g/mol. The SMILES string of the molecule is Cc1cccc(C)c1NC(=O)CSCC(=O)c1ccc(-c2ccccc2)cc1. The Morgan fingerprint density at radius 3 is 2.00 bits per heavy atom. The van der Waals surface area contributed by atoms with Gasteiger partial charge in [-0.25, -0.2) is 0 Å². The van der Waals surface area contributed by atoms with Gasteiger partial charge in [0.25, 0.3) is 0 Å². The maximum Gasteiger partial charge on any atom is 0.234 e. The zero-order valence-corrected chi connectivity index (χ0v) is 16.9. The molecule has 3 nitrogen and oxygen atoms in total. The van der Waals surface area contributed by atoms with Crippen molar-refractivity contribution >= 4 is 29.1 Å². The van der Waals surface area contributed by atoms with Crippen LogP contribution in [0.25, 0.3) is 11.1 Å². The van der Waals surface area contributed by atoms with Crippen molar-refractivity contribution in [2.24, 2.45) is 0 Å². The Morgan fingerprint density at radius 1 is 0.750 bits per heavy atom. The van der Waals surface area contributed by atoms with Gasteiger partial charge < -0.3 is 5.32 Å². The first kappa shape index (κ1) is 19.9. The lowest BCUT2D eigenvalue weighted by Crippen LogP contribution is -2.17. The van der Waals surface area contributed by atoms with Gasteiger partial charge in [0.2, 0.25) is 5.91 Å². The molecule has 3 aromatic rings. The minimum absolute atomic E-state index is 0.0319. The van der Waals surface area contributed by atoms with Gasteiger partial charge in [0.15, 0.2) is 5.78 Å². The highest BCUT2D eigenvalue weighted by molar-refractivity contribution is 8.00. The lowest BCUT2D eigenvalue weighted by molar-refractivity contribution is -0.113. The number of nitrogens with one attached hydrogen (secondary N) is 1. The van der Waals surface area contributed by atoms with E-state index < -0.39 is 0 Å². The van der Waals surface area contributed by atoms with E-state index in [1.165, 1.54) is 11.8 Å².